The lowest BCUT2D eigenvalue weighted by atomic mass is 9.83. The number of ether oxygens (including phenoxy) is 1. The van der Waals surface area contributed by atoms with Crippen molar-refractivity contribution in [3.8, 4) is 0 Å². The Bertz CT molecular complexity index is 632. The summed E-state index contributed by atoms with van der Waals surface area (Å²) in [7, 11) is -3.41. The Kier molecular flexibility index (Phi) is 3.74. The second-order valence-electron chi connectivity index (χ2n) is 6.81. The highest BCUT2D eigenvalue weighted by atomic mass is 32.2. The van der Waals surface area contributed by atoms with Gasteiger partial charge in [0.05, 0.1) is 11.9 Å². The van der Waals surface area contributed by atoms with E-state index in [2.05, 4.69) is 10.2 Å². The van der Waals surface area contributed by atoms with Crippen molar-refractivity contribution < 1.29 is 13.2 Å². The van der Waals surface area contributed by atoms with E-state index in [1.807, 2.05) is 0 Å². The smallest absolute Gasteiger partial charge is 0.246 e. The summed E-state index contributed by atoms with van der Waals surface area (Å²) in [5.74, 6) is 1.31. The van der Waals surface area contributed by atoms with Crippen LogP contribution < -0.4 is 0 Å². The highest BCUT2D eigenvalue weighted by molar-refractivity contribution is 7.89. The quantitative estimate of drug-likeness (QED) is 0.914. The van der Waals surface area contributed by atoms with Crippen LogP contribution in [-0.2, 0) is 14.8 Å². The molecule has 4 rings (SSSR count). The van der Waals surface area contributed by atoms with Crippen LogP contribution in [0.15, 0.2) is 11.1 Å². The molecule has 2 saturated heterocycles. The predicted octanol–water partition coefficient (Wildman–Crippen LogP) is 1.72. The van der Waals surface area contributed by atoms with Gasteiger partial charge in [-0.1, -0.05) is 6.42 Å². The van der Waals surface area contributed by atoms with E-state index in [1.54, 1.807) is 4.31 Å². The first-order valence-corrected chi connectivity index (χ1v) is 9.71. The standard InChI is InChI=1S/C15H23N3O3S/c19-22(20,14-8-16-17-15(14)11-2-1-3-11)18-6-4-12(9-18)13-5-7-21-10-13/h8,11-13H,1-7,9-10H2,(H,16,17). The minimum absolute atomic E-state index is 0.342. The van der Waals surface area contributed by atoms with Crippen LogP contribution in [0.5, 0.6) is 0 Å². The number of nitrogens with one attached hydrogen (secondary N) is 1. The molecule has 2 unspecified atom stereocenters. The minimum atomic E-state index is -3.41. The van der Waals surface area contributed by atoms with Gasteiger partial charge in [-0.2, -0.15) is 9.40 Å². The van der Waals surface area contributed by atoms with Crippen molar-refractivity contribution in [2.45, 2.75) is 42.9 Å². The molecule has 0 aromatic carbocycles. The molecule has 3 aliphatic rings. The summed E-state index contributed by atoms with van der Waals surface area (Å²) in [5, 5.41) is 6.94. The van der Waals surface area contributed by atoms with Gasteiger partial charge in [0.25, 0.3) is 0 Å². The maximum Gasteiger partial charge on any atom is 0.246 e. The number of rotatable bonds is 4. The second-order valence-corrected chi connectivity index (χ2v) is 8.72. The highest BCUT2D eigenvalue weighted by Crippen LogP contribution is 2.40. The van der Waals surface area contributed by atoms with Gasteiger partial charge in [0.15, 0.2) is 0 Å². The first-order chi connectivity index (χ1) is 10.7. The van der Waals surface area contributed by atoms with E-state index in [-0.39, 0.29) is 0 Å². The Morgan fingerprint density at radius 3 is 2.77 bits per heavy atom. The van der Waals surface area contributed by atoms with Crippen LogP contribution in [0.4, 0.5) is 0 Å². The van der Waals surface area contributed by atoms with Crippen LogP contribution in [0.3, 0.4) is 0 Å². The SMILES string of the molecule is O=S(=O)(c1cn[nH]c1C1CCC1)N1CCC(C2CCOC2)C1. The molecule has 7 heteroatoms. The van der Waals surface area contributed by atoms with E-state index < -0.39 is 10.0 Å². The Labute approximate surface area is 131 Å². The molecule has 6 nitrogen and oxygen atoms in total. The number of H-pyrrole nitrogens is 1. The number of nitrogens with zero attached hydrogens (tertiary/aromatic N) is 2. The van der Waals surface area contributed by atoms with Crippen molar-refractivity contribution in [2.75, 3.05) is 26.3 Å². The van der Waals surface area contributed by atoms with Gasteiger partial charge in [0, 0.05) is 32.2 Å². The topological polar surface area (TPSA) is 75.3 Å². The Balaban J connectivity index is 1.53. The molecule has 0 spiro atoms. The third kappa shape index (κ3) is 2.39. The fourth-order valence-electron chi connectivity index (χ4n) is 3.90. The molecular formula is C15H23N3O3S. The summed E-state index contributed by atoms with van der Waals surface area (Å²) in [6.45, 7) is 2.86. The summed E-state index contributed by atoms with van der Waals surface area (Å²) in [4.78, 5) is 0.403. The zero-order chi connectivity index (χ0) is 15.2. The van der Waals surface area contributed by atoms with Crippen molar-refractivity contribution >= 4 is 10.0 Å². The van der Waals surface area contributed by atoms with Crippen LogP contribution in [-0.4, -0.2) is 49.2 Å². The lowest BCUT2D eigenvalue weighted by molar-refractivity contribution is 0.173. The maximum absolute atomic E-state index is 13.0. The van der Waals surface area contributed by atoms with Crippen molar-refractivity contribution in [3.63, 3.8) is 0 Å². The molecule has 1 aliphatic carbocycles. The Morgan fingerprint density at radius 1 is 1.23 bits per heavy atom. The van der Waals surface area contributed by atoms with Gasteiger partial charge in [0.2, 0.25) is 10.0 Å². The summed E-state index contributed by atoms with van der Waals surface area (Å²) in [5.41, 5.74) is 0.818. The number of sulfonamides is 1. The average Bonchev–Trinajstić information content (AvgIpc) is 3.18. The van der Waals surface area contributed by atoms with Crippen LogP contribution in [0.25, 0.3) is 0 Å². The van der Waals surface area contributed by atoms with Crippen molar-refractivity contribution in [3.05, 3.63) is 11.9 Å². The highest BCUT2D eigenvalue weighted by Gasteiger charge is 2.39. The molecule has 1 aromatic rings. The van der Waals surface area contributed by atoms with Gasteiger partial charge in [0.1, 0.15) is 4.90 Å². The summed E-state index contributed by atoms with van der Waals surface area (Å²) < 4.78 is 33.0. The largest absolute Gasteiger partial charge is 0.381 e. The Hall–Kier alpha value is -0.920. The predicted molar refractivity (Wildman–Crippen MR) is 81.0 cm³/mol. The van der Waals surface area contributed by atoms with E-state index in [4.69, 9.17) is 4.74 Å². The van der Waals surface area contributed by atoms with Crippen molar-refractivity contribution in [1.29, 1.82) is 0 Å². The number of aromatic nitrogens is 2. The molecule has 3 fully saturated rings. The van der Waals surface area contributed by atoms with Crippen LogP contribution >= 0.6 is 0 Å². The molecule has 3 heterocycles. The van der Waals surface area contributed by atoms with Crippen molar-refractivity contribution in [1.82, 2.24) is 14.5 Å². The van der Waals surface area contributed by atoms with E-state index in [0.717, 1.165) is 44.6 Å². The van der Waals surface area contributed by atoms with Gasteiger partial charge in [-0.25, -0.2) is 8.42 Å². The van der Waals surface area contributed by atoms with Crippen molar-refractivity contribution in [2.24, 2.45) is 11.8 Å². The molecule has 0 bridgehead atoms. The molecule has 22 heavy (non-hydrogen) atoms. The first kappa shape index (κ1) is 14.7. The lowest BCUT2D eigenvalue weighted by Crippen LogP contribution is -2.31. The number of aromatic amines is 1. The lowest BCUT2D eigenvalue weighted by Gasteiger charge is -2.26. The second kappa shape index (κ2) is 5.62. The molecule has 2 aliphatic heterocycles. The summed E-state index contributed by atoms with van der Waals surface area (Å²) >= 11 is 0. The zero-order valence-electron chi connectivity index (χ0n) is 12.7. The zero-order valence-corrected chi connectivity index (χ0v) is 13.5. The normalized spacial score (nSPS) is 30.7. The molecule has 1 N–H and O–H groups in total. The third-order valence-corrected chi connectivity index (χ3v) is 7.48. The fraction of sp³-hybridized carbons (Fsp3) is 0.800. The van der Waals surface area contributed by atoms with E-state index in [1.165, 1.54) is 12.6 Å². The molecule has 0 amide bonds. The van der Waals surface area contributed by atoms with Gasteiger partial charge < -0.3 is 4.74 Å². The van der Waals surface area contributed by atoms with Gasteiger partial charge in [-0.15, -0.1) is 0 Å². The molecule has 0 radical (unpaired) electrons. The van der Waals surface area contributed by atoms with Crippen LogP contribution in [0.1, 0.15) is 43.7 Å². The van der Waals surface area contributed by atoms with Crippen LogP contribution in [0.2, 0.25) is 0 Å². The molecule has 122 valence electrons. The average molecular weight is 325 g/mol. The van der Waals surface area contributed by atoms with E-state index >= 15 is 0 Å². The van der Waals surface area contributed by atoms with Crippen LogP contribution in [0, 0.1) is 11.8 Å². The fourth-order valence-corrected chi connectivity index (χ4v) is 5.59. The van der Waals surface area contributed by atoms with E-state index in [0.29, 0.717) is 35.7 Å². The molecule has 2 atom stereocenters. The molecule has 1 saturated carbocycles. The molecule has 1 aromatic heterocycles. The summed E-state index contributed by atoms with van der Waals surface area (Å²) in [6, 6.07) is 0. The summed E-state index contributed by atoms with van der Waals surface area (Å²) in [6.07, 6.45) is 6.81. The number of hydrogen-bond acceptors (Lipinski definition) is 4. The van der Waals surface area contributed by atoms with Gasteiger partial charge >= 0.3 is 0 Å². The number of hydrogen-bond donors (Lipinski definition) is 1. The maximum atomic E-state index is 13.0. The minimum Gasteiger partial charge on any atom is -0.381 e. The third-order valence-electron chi connectivity index (χ3n) is 5.58. The van der Waals surface area contributed by atoms with Gasteiger partial charge in [-0.05, 0) is 37.5 Å². The van der Waals surface area contributed by atoms with E-state index in [9.17, 15) is 8.42 Å². The molecular weight excluding hydrogens is 302 g/mol. The first-order valence-electron chi connectivity index (χ1n) is 8.27. The monoisotopic (exact) mass is 325 g/mol. The van der Waals surface area contributed by atoms with Gasteiger partial charge in [-0.3, -0.25) is 5.10 Å². The Morgan fingerprint density at radius 2 is 2.09 bits per heavy atom.